The van der Waals surface area contributed by atoms with Crippen LogP contribution in [-0.4, -0.2) is 29.7 Å². The molecule has 1 aliphatic rings. The average molecular weight is 238 g/mol. The number of Topliss-reactive ketones (excluding diaryl/α,β-unsaturated/α-hetero) is 1. The van der Waals surface area contributed by atoms with Crippen molar-refractivity contribution in [2.24, 2.45) is 0 Å². The summed E-state index contributed by atoms with van der Waals surface area (Å²) in [5, 5.41) is 0.605. The molecule has 2 rings (SSSR count). The van der Waals surface area contributed by atoms with E-state index in [-0.39, 0.29) is 18.2 Å². The van der Waals surface area contributed by atoms with E-state index in [1.54, 1.807) is 29.2 Å². The summed E-state index contributed by atoms with van der Waals surface area (Å²) in [6.45, 7) is 0.874. The Morgan fingerprint density at radius 3 is 2.56 bits per heavy atom. The molecule has 0 aliphatic carbocycles. The molecule has 0 saturated carbocycles. The molecule has 1 fully saturated rings. The summed E-state index contributed by atoms with van der Waals surface area (Å²) >= 11 is 5.73. The van der Waals surface area contributed by atoms with Gasteiger partial charge in [-0.15, -0.1) is 0 Å². The van der Waals surface area contributed by atoms with Crippen LogP contribution in [0, 0.1) is 0 Å². The maximum absolute atomic E-state index is 11.8. The Morgan fingerprint density at radius 1 is 1.31 bits per heavy atom. The molecule has 0 spiro atoms. The zero-order valence-corrected chi connectivity index (χ0v) is 9.54. The van der Waals surface area contributed by atoms with Crippen molar-refractivity contribution < 1.29 is 9.59 Å². The topological polar surface area (TPSA) is 37.4 Å². The number of likely N-dealkylation sites (tertiary alicyclic amines) is 1. The van der Waals surface area contributed by atoms with Gasteiger partial charge in [0.05, 0.1) is 6.54 Å². The maximum atomic E-state index is 11.8. The lowest BCUT2D eigenvalue weighted by molar-refractivity contribution is -0.127. The van der Waals surface area contributed by atoms with Gasteiger partial charge < -0.3 is 4.90 Å². The van der Waals surface area contributed by atoms with Gasteiger partial charge >= 0.3 is 0 Å². The molecule has 0 radical (unpaired) electrons. The number of halogens is 1. The lowest BCUT2D eigenvalue weighted by Crippen LogP contribution is -2.30. The van der Waals surface area contributed by atoms with Crippen LogP contribution in [0.25, 0.3) is 0 Å². The van der Waals surface area contributed by atoms with Crippen LogP contribution in [0.3, 0.4) is 0 Å². The molecular formula is C12H12ClNO2. The number of hydrogen-bond acceptors (Lipinski definition) is 2. The van der Waals surface area contributed by atoms with Gasteiger partial charge in [-0.1, -0.05) is 11.6 Å². The predicted octanol–water partition coefficient (Wildman–Crippen LogP) is 2.15. The van der Waals surface area contributed by atoms with Crippen LogP contribution in [0.5, 0.6) is 0 Å². The highest BCUT2D eigenvalue weighted by Crippen LogP contribution is 2.13. The molecule has 84 valence electrons. The fourth-order valence-electron chi connectivity index (χ4n) is 1.77. The summed E-state index contributed by atoms with van der Waals surface area (Å²) in [4.78, 5) is 24.8. The van der Waals surface area contributed by atoms with Gasteiger partial charge in [0.1, 0.15) is 0 Å². The molecule has 1 aromatic carbocycles. The summed E-state index contributed by atoms with van der Waals surface area (Å²) in [5.74, 6) is 0.0363. The summed E-state index contributed by atoms with van der Waals surface area (Å²) in [7, 11) is 0. The maximum Gasteiger partial charge on any atom is 0.223 e. The second kappa shape index (κ2) is 4.66. The second-order valence-electron chi connectivity index (χ2n) is 3.85. The minimum Gasteiger partial charge on any atom is -0.335 e. The lowest BCUT2D eigenvalue weighted by Gasteiger charge is -2.14. The monoisotopic (exact) mass is 237 g/mol. The number of ketones is 1. The zero-order valence-electron chi connectivity index (χ0n) is 8.78. The van der Waals surface area contributed by atoms with Crippen molar-refractivity contribution in [3.05, 3.63) is 34.9 Å². The van der Waals surface area contributed by atoms with Crippen molar-refractivity contribution >= 4 is 23.3 Å². The zero-order chi connectivity index (χ0) is 11.5. The second-order valence-corrected chi connectivity index (χ2v) is 4.29. The van der Waals surface area contributed by atoms with E-state index in [2.05, 4.69) is 0 Å². The SMILES string of the molecule is O=C(CN1CCCC1=O)c1ccc(Cl)cc1. The number of carbonyl (C=O) groups excluding carboxylic acids is 2. The lowest BCUT2D eigenvalue weighted by atomic mass is 10.1. The molecule has 4 heteroatoms. The van der Waals surface area contributed by atoms with Crippen molar-refractivity contribution in [2.75, 3.05) is 13.1 Å². The number of rotatable bonds is 3. The van der Waals surface area contributed by atoms with Crippen molar-refractivity contribution in [2.45, 2.75) is 12.8 Å². The van der Waals surface area contributed by atoms with Crippen LogP contribution in [0.2, 0.25) is 5.02 Å². The predicted molar refractivity (Wildman–Crippen MR) is 61.6 cm³/mol. The van der Waals surface area contributed by atoms with Gasteiger partial charge in [-0.25, -0.2) is 0 Å². The van der Waals surface area contributed by atoms with Gasteiger partial charge in [0.2, 0.25) is 5.91 Å². The molecule has 1 saturated heterocycles. The van der Waals surface area contributed by atoms with Crippen molar-refractivity contribution in [1.82, 2.24) is 4.90 Å². The van der Waals surface area contributed by atoms with Gasteiger partial charge in [0, 0.05) is 23.6 Å². The third-order valence-electron chi connectivity index (χ3n) is 2.67. The molecule has 0 atom stereocenters. The molecular weight excluding hydrogens is 226 g/mol. The molecule has 1 amide bonds. The van der Waals surface area contributed by atoms with E-state index in [0.717, 1.165) is 6.42 Å². The average Bonchev–Trinajstić information content (AvgIpc) is 2.65. The Kier molecular flexibility index (Phi) is 3.25. The Hall–Kier alpha value is -1.35. The van der Waals surface area contributed by atoms with Gasteiger partial charge in [-0.3, -0.25) is 9.59 Å². The molecule has 1 heterocycles. The summed E-state index contributed by atoms with van der Waals surface area (Å²) < 4.78 is 0. The number of nitrogens with zero attached hydrogens (tertiary/aromatic N) is 1. The van der Waals surface area contributed by atoms with E-state index in [1.165, 1.54) is 0 Å². The summed E-state index contributed by atoms with van der Waals surface area (Å²) in [6, 6.07) is 6.73. The minimum atomic E-state index is -0.0353. The molecule has 0 aromatic heterocycles. The van der Waals surface area contributed by atoms with Gasteiger partial charge in [0.15, 0.2) is 5.78 Å². The first kappa shape index (κ1) is 11.1. The third kappa shape index (κ3) is 2.42. The molecule has 0 N–H and O–H groups in total. The fraction of sp³-hybridized carbons (Fsp3) is 0.333. The standard InChI is InChI=1S/C12H12ClNO2/c13-10-5-3-9(4-6-10)11(15)8-14-7-1-2-12(14)16/h3-6H,1-2,7-8H2. The van der Waals surface area contributed by atoms with E-state index in [1.807, 2.05) is 0 Å². The first-order chi connectivity index (χ1) is 7.66. The van der Waals surface area contributed by atoms with Gasteiger partial charge in [-0.2, -0.15) is 0 Å². The van der Waals surface area contributed by atoms with E-state index in [0.29, 0.717) is 23.6 Å². The molecule has 1 aromatic rings. The van der Waals surface area contributed by atoms with Crippen LogP contribution in [0.15, 0.2) is 24.3 Å². The van der Waals surface area contributed by atoms with Gasteiger partial charge in [-0.05, 0) is 30.7 Å². The Morgan fingerprint density at radius 2 is 2.00 bits per heavy atom. The van der Waals surface area contributed by atoms with E-state index in [4.69, 9.17) is 11.6 Å². The molecule has 0 unspecified atom stereocenters. The molecule has 16 heavy (non-hydrogen) atoms. The molecule has 0 bridgehead atoms. The fourth-order valence-corrected chi connectivity index (χ4v) is 1.90. The quantitative estimate of drug-likeness (QED) is 0.756. The number of benzene rings is 1. The number of hydrogen-bond donors (Lipinski definition) is 0. The van der Waals surface area contributed by atoms with Gasteiger partial charge in [0.25, 0.3) is 0 Å². The van der Waals surface area contributed by atoms with Crippen molar-refractivity contribution in [3.8, 4) is 0 Å². The first-order valence-corrected chi connectivity index (χ1v) is 5.61. The Labute approximate surface area is 99.0 Å². The van der Waals surface area contributed by atoms with Crippen LogP contribution >= 0.6 is 11.6 Å². The van der Waals surface area contributed by atoms with Crippen molar-refractivity contribution in [3.63, 3.8) is 0 Å². The van der Waals surface area contributed by atoms with Crippen LogP contribution in [0.1, 0.15) is 23.2 Å². The Bertz CT molecular complexity index is 414. The molecule has 1 aliphatic heterocycles. The number of amides is 1. The van der Waals surface area contributed by atoms with Crippen molar-refractivity contribution in [1.29, 1.82) is 0 Å². The highest BCUT2D eigenvalue weighted by molar-refractivity contribution is 6.30. The normalized spacial score (nSPS) is 15.6. The first-order valence-electron chi connectivity index (χ1n) is 5.23. The summed E-state index contributed by atoms with van der Waals surface area (Å²) in [5.41, 5.74) is 0.601. The van der Waals surface area contributed by atoms with E-state index < -0.39 is 0 Å². The number of carbonyl (C=O) groups is 2. The smallest absolute Gasteiger partial charge is 0.223 e. The highest BCUT2D eigenvalue weighted by atomic mass is 35.5. The van der Waals surface area contributed by atoms with Crippen LogP contribution < -0.4 is 0 Å². The van der Waals surface area contributed by atoms with E-state index >= 15 is 0 Å². The Balaban J connectivity index is 2.02. The highest BCUT2D eigenvalue weighted by Gasteiger charge is 2.22. The van der Waals surface area contributed by atoms with E-state index in [9.17, 15) is 9.59 Å². The minimum absolute atomic E-state index is 0.0353. The largest absolute Gasteiger partial charge is 0.335 e. The third-order valence-corrected chi connectivity index (χ3v) is 2.92. The van der Waals surface area contributed by atoms with Crippen LogP contribution in [0.4, 0.5) is 0 Å². The summed E-state index contributed by atoms with van der Waals surface area (Å²) in [6.07, 6.45) is 1.42. The molecule has 3 nitrogen and oxygen atoms in total. The van der Waals surface area contributed by atoms with Crippen LogP contribution in [-0.2, 0) is 4.79 Å².